The van der Waals surface area contributed by atoms with E-state index in [1.807, 2.05) is 0 Å². The van der Waals surface area contributed by atoms with Crippen molar-refractivity contribution < 1.29 is 17.7 Å². The summed E-state index contributed by atoms with van der Waals surface area (Å²) < 4.78 is 32.3. The molecule has 0 fully saturated rings. The molecule has 5 aromatic rings. The molecule has 176 valence electrons. The minimum absolute atomic E-state index is 0.111. The van der Waals surface area contributed by atoms with Crippen molar-refractivity contribution in [2.75, 3.05) is 10.0 Å². The van der Waals surface area contributed by atoms with Crippen molar-refractivity contribution in [3.8, 4) is 11.4 Å². The molecule has 1 amide bonds. The lowest BCUT2D eigenvalue weighted by Gasteiger charge is -2.09. The highest BCUT2D eigenvalue weighted by molar-refractivity contribution is 7.92. The summed E-state index contributed by atoms with van der Waals surface area (Å²) in [5, 5.41) is 7.48. The third-order valence-corrected chi connectivity index (χ3v) is 6.73. The first-order valence-electron chi connectivity index (χ1n) is 10.2. The number of hydrogen-bond donors (Lipinski definition) is 4. The van der Waals surface area contributed by atoms with Gasteiger partial charge in [0.15, 0.2) is 5.82 Å². The second-order valence-corrected chi connectivity index (χ2v) is 9.61. The van der Waals surface area contributed by atoms with E-state index in [-0.39, 0.29) is 16.4 Å². The smallest absolute Gasteiger partial charge is 0.350 e. The van der Waals surface area contributed by atoms with E-state index < -0.39 is 21.7 Å². The summed E-state index contributed by atoms with van der Waals surface area (Å²) in [6.45, 7) is 0. The molecule has 0 aliphatic carbocycles. The van der Waals surface area contributed by atoms with Gasteiger partial charge >= 0.3 is 5.76 Å². The fourth-order valence-electron chi connectivity index (χ4n) is 3.48. The highest BCUT2D eigenvalue weighted by Crippen LogP contribution is 2.29. The lowest BCUT2D eigenvalue weighted by atomic mass is 10.1. The Morgan fingerprint density at radius 3 is 2.51 bits per heavy atom. The maximum atomic E-state index is 13.0. The second-order valence-electron chi connectivity index (χ2n) is 7.49. The summed E-state index contributed by atoms with van der Waals surface area (Å²) in [6.07, 6.45) is 0. The Labute approximate surface area is 203 Å². The van der Waals surface area contributed by atoms with Crippen molar-refractivity contribution in [2.45, 2.75) is 4.90 Å². The molecular weight excluding hydrogens is 494 g/mol. The first-order valence-corrected chi connectivity index (χ1v) is 12.0. The van der Waals surface area contributed by atoms with Crippen LogP contribution in [0.1, 0.15) is 10.5 Å². The summed E-state index contributed by atoms with van der Waals surface area (Å²) in [6, 6.07) is 19.2. The number of carbonyl (C=O) groups is 1. The quantitative estimate of drug-likeness (QED) is 0.269. The van der Waals surface area contributed by atoms with Crippen LogP contribution in [0.5, 0.6) is 0 Å². The third-order valence-electron chi connectivity index (χ3n) is 5.10. The van der Waals surface area contributed by atoms with Gasteiger partial charge in [-0.05, 0) is 48.5 Å². The third kappa shape index (κ3) is 4.67. The standard InChI is InChI=1S/C23H16ClN5O5S/c24-14-7-9-18(17(11-14)21-27-23(31)34-28-21)26-22(30)20-10-13-6-8-15(12-19(13)25-20)29-35(32,33)16-4-2-1-3-5-16/h1-12,25,29H,(H,26,30)(H,27,28,31). The molecule has 0 saturated heterocycles. The topological polar surface area (TPSA) is 150 Å². The number of rotatable bonds is 6. The maximum Gasteiger partial charge on any atom is 0.439 e. The van der Waals surface area contributed by atoms with Gasteiger partial charge in [-0.1, -0.05) is 41.0 Å². The number of H-pyrrole nitrogens is 2. The molecule has 0 radical (unpaired) electrons. The molecule has 0 unspecified atom stereocenters. The van der Waals surface area contributed by atoms with E-state index in [4.69, 9.17) is 11.6 Å². The van der Waals surface area contributed by atoms with Crippen LogP contribution < -0.4 is 15.8 Å². The molecule has 5 rings (SSSR count). The highest BCUT2D eigenvalue weighted by atomic mass is 35.5. The molecule has 0 bridgehead atoms. The van der Waals surface area contributed by atoms with Crippen molar-refractivity contribution in [1.82, 2.24) is 15.1 Å². The van der Waals surface area contributed by atoms with Crippen molar-refractivity contribution in [3.63, 3.8) is 0 Å². The SMILES string of the molecule is O=C(Nc1ccc(Cl)cc1-c1noc(=O)[nH]1)c1cc2ccc(NS(=O)(=O)c3ccccc3)cc2[nH]1. The first kappa shape index (κ1) is 22.4. The Balaban J connectivity index is 1.41. The van der Waals surface area contributed by atoms with Crippen LogP contribution in [0.4, 0.5) is 11.4 Å². The number of benzene rings is 3. The Morgan fingerprint density at radius 1 is 0.971 bits per heavy atom. The second kappa shape index (κ2) is 8.78. The van der Waals surface area contributed by atoms with Gasteiger partial charge in [-0.25, -0.2) is 13.2 Å². The van der Waals surface area contributed by atoms with Gasteiger partial charge in [0.1, 0.15) is 5.69 Å². The first-order chi connectivity index (χ1) is 16.8. The number of amides is 1. The van der Waals surface area contributed by atoms with Gasteiger partial charge in [0, 0.05) is 21.5 Å². The van der Waals surface area contributed by atoms with Crippen LogP contribution >= 0.6 is 11.6 Å². The minimum Gasteiger partial charge on any atom is -0.350 e. The van der Waals surface area contributed by atoms with Gasteiger partial charge in [0.05, 0.1) is 16.3 Å². The molecule has 0 atom stereocenters. The molecule has 35 heavy (non-hydrogen) atoms. The van der Waals surface area contributed by atoms with E-state index >= 15 is 0 Å². The number of anilines is 2. The van der Waals surface area contributed by atoms with Crippen LogP contribution in [0.25, 0.3) is 22.3 Å². The zero-order valence-electron chi connectivity index (χ0n) is 17.7. The Kier molecular flexibility index (Phi) is 5.63. The molecule has 2 aromatic heterocycles. The molecule has 3 aromatic carbocycles. The fourth-order valence-corrected chi connectivity index (χ4v) is 4.73. The maximum absolute atomic E-state index is 13.0. The summed E-state index contributed by atoms with van der Waals surface area (Å²) >= 11 is 6.06. The number of sulfonamides is 1. The normalized spacial score (nSPS) is 11.5. The number of aromatic amines is 2. The van der Waals surface area contributed by atoms with E-state index in [2.05, 4.69) is 29.7 Å². The number of halogens is 1. The average molecular weight is 510 g/mol. The molecule has 0 spiro atoms. The van der Waals surface area contributed by atoms with E-state index in [1.165, 1.54) is 18.2 Å². The van der Waals surface area contributed by atoms with Crippen LogP contribution in [-0.4, -0.2) is 29.4 Å². The van der Waals surface area contributed by atoms with E-state index in [0.29, 0.717) is 32.9 Å². The molecule has 4 N–H and O–H groups in total. The van der Waals surface area contributed by atoms with E-state index in [0.717, 1.165) is 0 Å². The number of fused-ring (bicyclic) bond motifs is 1. The van der Waals surface area contributed by atoms with Gasteiger partial charge in [-0.15, -0.1) is 0 Å². The van der Waals surface area contributed by atoms with Crippen LogP contribution in [0.2, 0.25) is 5.02 Å². The lowest BCUT2D eigenvalue weighted by Crippen LogP contribution is -2.13. The van der Waals surface area contributed by atoms with E-state index in [9.17, 15) is 18.0 Å². The van der Waals surface area contributed by atoms with Crippen LogP contribution in [-0.2, 0) is 10.0 Å². The molecule has 2 heterocycles. The van der Waals surface area contributed by atoms with E-state index in [1.54, 1.807) is 54.6 Å². The molecule has 0 aliphatic rings. The largest absolute Gasteiger partial charge is 0.439 e. The minimum atomic E-state index is -3.76. The zero-order chi connectivity index (χ0) is 24.6. The van der Waals surface area contributed by atoms with Gasteiger partial charge < -0.3 is 10.3 Å². The summed E-state index contributed by atoms with van der Waals surface area (Å²) in [7, 11) is -3.76. The number of hydrogen-bond acceptors (Lipinski definition) is 6. The number of carbonyl (C=O) groups excluding carboxylic acids is 1. The summed E-state index contributed by atoms with van der Waals surface area (Å²) in [5.41, 5.74) is 1.84. The molecular formula is C23H16ClN5O5S. The Hall–Kier alpha value is -4.35. The van der Waals surface area contributed by atoms with Crippen molar-refractivity contribution in [1.29, 1.82) is 0 Å². The monoisotopic (exact) mass is 509 g/mol. The Bertz CT molecular complexity index is 1720. The van der Waals surface area contributed by atoms with Crippen LogP contribution in [0, 0.1) is 0 Å². The highest BCUT2D eigenvalue weighted by Gasteiger charge is 2.17. The van der Waals surface area contributed by atoms with Crippen molar-refractivity contribution >= 4 is 49.8 Å². The van der Waals surface area contributed by atoms with Crippen LogP contribution in [0.3, 0.4) is 0 Å². The van der Waals surface area contributed by atoms with Gasteiger partial charge in [-0.2, -0.15) is 0 Å². The number of nitrogens with one attached hydrogen (secondary N) is 4. The Morgan fingerprint density at radius 2 is 1.77 bits per heavy atom. The van der Waals surface area contributed by atoms with Crippen molar-refractivity contribution in [3.05, 3.63) is 94.1 Å². The predicted molar refractivity (Wildman–Crippen MR) is 131 cm³/mol. The van der Waals surface area contributed by atoms with Gasteiger partial charge in [0.2, 0.25) is 0 Å². The predicted octanol–water partition coefficient (Wildman–Crippen LogP) is 4.22. The summed E-state index contributed by atoms with van der Waals surface area (Å²) in [5.74, 6) is -1.10. The lowest BCUT2D eigenvalue weighted by molar-refractivity contribution is 0.102. The summed E-state index contributed by atoms with van der Waals surface area (Å²) in [4.78, 5) is 29.9. The number of nitrogens with zero attached hydrogens (tertiary/aromatic N) is 1. The average Bonchev–Trinajstić information content (AvgIpc) is 3.46. The van der Waals surface area contributed by atoms with Gasteiger partial charge in [0.25, 0.3) is 15.9 Å². The number of aromatic nitrogens is 3. The molecule has 0 aliphatic heterocycles. The van der Waals surface area contributed by atoms with Gasteiger partial charge in [-0.3, -0.25) is 19.0 Å². The van der Waals surface area contributed by atoms with Crippen molar-refractivity contribution in [2.24, 2.45) is 0 Å². The fraction of sp³-hybridized carbons (Fsp3) is 0. The zero-order valence-corrected chi connectivity index (χ0v) is 19.3. The molecule has 12 heteroatoms. The van der Waals surface area contributed by atoms with Crippen LogP contribution in [0.15, 0.2) is 87.0 Å². The molecule has 0 saturated carbocycles. The molecule has 10 nitrogen and oxygen atoms in total.